The van der Waals surface area contributed by atoms with Crippen molar-refractivity contribution in [3.63, 3.8) is 0 Å². The summed E-state index contributed by atoms with van der Waals surface area (Å²) in [5.74, 6) is -1.51. The van der Waals surface area contributed by atoms with Crippen molar-refractivity contribution in [2.45, 2.75) is 6.04 Å². The van der Waals surface area contributed by atoms with Gasteiger partial charge in [-0.1, -0.05) is 48.5 Å². The van der Waals surface area contributed by atoms with Crippen molar-refractivity contribution < 1.29 is 14.7 Å². The van der Waals surface area contributed by atoms with Crippen LogP contribution < -0.4 is 4.90 Å². The third-order valence-corrected chi connectivity index (χ3v) is 6.06. The molecule has 0 saturated heterocycles. The number of rotatable bonds is 4. The van der Waals surface area contributed by atoms with Gasteiger partial charge in [-0.05, 0) is 35.0 Å². The summed E-state index contributed by atoms with van der Waals surface area (Å²) in [7, 11) is 0. The number of fused-ring (bicyclic) bond motifs is 1. The first kappa shape index (κ1) is 18.3. The SMILES string of the molecule is O=C(C1=C(O)C(=O)N(c2cccc3ccccc23)C1c1ccccn1)c1cccs1. The van der Waals surface area contributed by atoms with Crippen molar-refractivity contribution in [3.05, 3.63) is 106 Å². The number of carbonyl (C=O) groups excluding carboxylic acids is 2. The Balaban J connectivity index is 1.73. The smallest absolute Gasteiger partial charge is 0.294 e. The van der Waals surface area contributed by atoms with E-state index in [9.17, 15) is 14.7 Å². The Labute approximate surface area is 176 Å². The minimum atomic E-state index is -0.820. The largest absolute Gasteiger partial charge is 0.503 e. The number of nitrogens with zero attached hydrogens (tertiary/aromatic N) is 2. The van der Waals surface area contributed by atoms with Gasteiger partial charge in [-0.3, -0.25) is 19.5 Å². The van der Waals surface area contributed by atoms with Gasteiger partial charge in [0, 0.05) is 11.6 Å². The topological polar surface area (TPSA) is 70.5 Å². The first-order valence-electron chi connectivity index (χ1n) is 9.40. The van der Waals surface area contributed by atoms with E-state index in [2.05, 4.69) is 4.98 Å². The first-order valence-corrected chi connectivity index (χ1v) is 10.3. The number of hydrogen-bond donors (Lipinski definition) is 1. The fraction of sp³-hybridized carbons (Fsp3) is 0.0417. The van der Waals surface area contributed by atoms with Gasteiger partial charge in [0.05, 0.1) is 21.8 Å². The molecular formula is C24H16N2O3S. The van der Waals surface area contributed by atoms with Crippen LogP contribution in [-0.2, 0) is 4.79 Å². The number of pyridine rings is 1. The summed E-state index contributed by atoms with van der Waals surface area (Å²) < 4.78 is 0. The van der Waals surface area contributed by atoms with Crippen molar-refractivity contribution in [1.29, 1.82) is 0 Å². The van der Waals surface area contributed by atoms with Gasteiger partial charge in [0.2, 0.25) is 5.78 Å². The zero-order valence-electron chi connectivity index (χ0n) is 15.7. The lowest BCUT2D eigenvalue weighted by atomic mass is 9.98. The molecule has 0 radical (unpaired) electrons. The highest BCUT2D eigenvalue weighted by Crippen LogP contribution is 2.43. The maximum atomic E-state index is 13.3. The molecule has 0 aliphatic carbocycles. The molecule has 0 fully saturated rings. The molecule has 30 heavy (non-hydrogen) atoms. The second-order valence-electron chi connectivity index (χ2n) is 6.90. The quantitative estimate of drug-likeness (QED) is 0.475. The average molecular weight is 412 g/mol. The number of ketones is 1. The van der Waals surface area contributed by atoms with E-state index < -0.39 is 17.7 Å². The molecule has 0 saturated carbocycles. The second-order valence-corrected chi connectivity index (χ2v) is 7.85. The van der Waals surface area contributed by atoms with Gasteiger partial charge < -0.3 is 5.11 Å². The molecule has 146 valence electrons. The highest BCUT2D eigenvalue weighted by molar-refractivity contribution is 7.12. The number of benzene rings is 2. The molecule has 2 aromatic carbocycles. The Kier molecular flexibility index (Phi) is 4.41. The van der Waals surface area contributed by atoms with E-state index in [1.807, 2.05) is 42.5 Å². The van der Waals surface area contributed by atoms with Crippen LogP contribution in [0.3, 0.4) is 0 Å². The predicted octanol–water partition coefficient (Wildman–Crippen LogP) is 5.08. The maximum absolute atomic E-state index is 13.3. The lowest BCUT2D eigenvalue weighted by molar-refractivity contribution is -0.117. The van der Waals surface area contributed by atoms with Crippen LogP contribution in [0, 0.1) is 0 Å². The summed E-state index contributed by atoms with van der Waals surface area (Å²) in [6.07, 6.45) is 1.61. The number of aliphatic hydroxyl groups is 1. The third kappa shape index (κ3) is 2.81. The molecule has 3 heterocycles. The summed E-state index contributed by atoms with van der Waals surface area (Å²) in [4.78, 5) is 32.9. The lowest BCUT2D eigenvalue weighted by Crippen LogP contribution is -2.31. The third-order valence-electron chi connectivity index (χ3n) is 5.19. The Morgan fingerprint density at radius 2 is 1.77 bits per heavy atom. The number of hydrogen-bond acceptors (Lipinski definition) is 5. The predicted molar refractivity (Wildman–Crippen MR) is 117 cm³/mol. The van der Waals surface area contributed by atoms with Crippen LogP contribution in [0.2, 0.25) is 0 Å². The van der Waals surface area contributed by atoms with Gasteiger partial charge in [-0.2, -0.15) is 0 Å². The van der Waals surface area contributed by atoms with Gasteiger partial charge >= 0.3 is 0 Å². The highest BCUT2D eigenvalue weighted by atomic mass is 32.1. The van der Waals surface area contributed by atoms with Crippen LogP contribution in [0.1, 0.15) is 21.4 Å². The minimum Gasteiger partial charge on any atom is -0.503 e. The number of amides is 1. The molecule has 1 N–H and O–H groups in total. The van der Waals surface area contributed by atoms with Gasteiger partial charge in [0.25, 0.3) is 5.91 Å². The molecule has 1 amide bonds. The lowest BCUT2D eigenvalue weighted by Gasteiger charge is -2.27. The number of thiophene rings is 1. The molecule has 1 aliphatic rings. The summed E-state index contributed by atoms with van der Waals surface area (Å²) >= 11 is 1.27. The van der Waals surface area contributed by atoms with E-state index in [1.165, 1.54) is 16.2 Å². The van der Waals surface area contributed by atoms with Gasteiger partial charge in [-0.25, -0.2) is 0 Å². The van der Waals surface area contributed by atoms with E-state index >= 15 is 0 Å². The molecule has 4 aromatic rings. The Hall–Kier alpha value is -3.77. The monoisotopic (exact) mass is 412 g/mol. The van der Waals surface area contributed by atoms with Crippen LogP contribution >= 0.6 is 11.3 Å². The van der Waals surface area contributed by atoms with Gasteiger partial charge in [-0.15, -0.1) is 11.3 Å². The summed E-state index contributed by atoms with van der Waals surface area (Å²) in [6.45, 7) is 0. The number of anilines is 1. The number of Topliss-reactive ketones (excluding diaryl/α,β-unsaturated/α-hetero) is 1. The molecule has 5 rings (SSSR count). The average Bonchev–Trinajstić information content (AvgIpc) is 3.41. The first-order chi connectivity index (χ1) is 14.7. The fourth-order valence-corrected chi connectivity index (χ4v) is 4.54. The minimum absolute atomic E-state index is 0.0501. The molecule has 0 spiro atoms. The van der Waals surface area contributed by atoms with Crippen LogP contribution in [0.4, 0.5) is 5.69 Å². The van der Waals surface area contributed by atoms with E-state index in [4.69, 9.17) is 0 Å². The van der Waals surface area contributed by atoms with E-state index in [-0.39, 0.29) is 11.4 Å². The number of aliphatic hydroxyl groups excluding tert-OH is 1. The highest BCUT2D eigenvalue weighted by Gasteiger charge is 2.45. The molecular weight excluding hydrogens is 396 g/mol. The normalized spacial score (nSPS) is 16.5. The summed E-state index contributed by atoms with van der Waals surface area (Å²) in [5.41, 5.74) is 1.19. The zero-order chi connectivity index (χ0) is 20.7. The van der Waals surface area contributed by atoms with Crippen molar-refractivity contribution >= 4 is 39.5 Å². The molecule has 1 atom stereocenters. The standard InChI is InChI=1S/C24H16N2O3S/c27-22(19-12-6-14-30-19)20-21(17-10-3-4-13-25-17)26(24(29)23(20)28)18-11-5-8-15-7-1-2-9-16(15)18/h1-14,21,28H. The van der Waals surface area contributed by atoms with Gasteiger partial charge in [0.15, 0.2) is 5.76 Å². The molecule has 0 bridgehead atoms. The molecule has 1 aliphatic heterocycles. The van der Waals surface area contributed by atoms with Crippen LogP contribution in [0.5, 0.6) is 0 Å². The van der Waals surface area contributed by atoms with Gasteiger partial charge in [0.1, 0.15) is 6.04 Å². The fourth-order valence-electron chi connectivity index (χ4n) is 3.86. The van der Waals surface area contributed by atoms with Crippen molar-refractivity contribution in [2.75, 3.05) is 4.90 Å². The van der Waals surface area contributed by atoms with E-state index in [0.29, 0.717) is 16.3 Å². The summed E-state index contributed by atoms with van der Waals surface area (Å²) in [5, 5.41) is 14.4. The Morgan fingerprint density at radius 3 is 2.53 bits per heavy atom. The van der Waals surface area contributed by atoms with E-state index in [0.717, 1.165) is 10.8 Å². The Morgan fingerprint density at radius 1 is 0.967 bits per heavy atom. The Bertz CT molecular complexity index is 1290. The molecule has 2 aromatic heterocycles. The molecule has 6 heteroatoms. The van der Waals surface area contributed by atoms with Crippen LogP contribution in [-0.4, -0.2) is 21.8 Å². The van der Waals surface area contributed by atoms with Crippen LogP contribution in [0.25, 0.3) is 10.8 Å². The number of carbonyl (C=O) groups is 2. The van der Waals surface area contributed by atoms with Crippen molar-refractivity contribution in [3.8, 4) is 0 Å². The zero-order valence-corrected chi connectivity index (χ0v) is 16.5. The van der Waals surface area contributed by atoms with E-state index in [1.54, 1.807) is 41.9 Å². The maximum Gasteiger partial charge on any atom is 0.294 e. The second kappa shape index (κ2) is 7.24. The van der Waals surface area contributed by atoms with Crippen LogP contribution in [0.15, 0.2) is 95.7 Å². The van der Waals surface area contributed by atoms with Crippen molar-refractivity contribution in [1.82, 2.24) is 4.98 Å². The molecule has 5 nitrogen and oxygen atoms in total. The van der Waals surface area contributed by atoms with Crippen molar-refractivity contribution in [2.24, 2.45) is 0 Å². The molecule has 1 unspecified atom stereocenters. The summed E-state index contributed by atoms with van der Waals surface area (Å²) in [6, 6.07) is 21.3. The number of aromatic nitrogens is 1.